The summed E-state index contributed by atoms with van der Waals surface area (Å²) in [5.74, 6) is 0.741. The quantitative estimate of drug-likeness (QED) is 0.821. The van der Waals surface area contributed by atoms with Crippen LogP contribution in [-0.2, 0) is 9.53 Å². The van der Waals surface area contributed by atoms with E-state index in [-0.39, 0.29) is 11.8 Å². The molecule has 7 heteroatoms. The maximum absolute atomic E-state index is 12.8. The zero-order chi connectivity index (χ0) is 17.8. The second-order valence-corrected chi connectivity index (χ2v) is 8.14. The number of aromatic nitrogens is 1. The standard InChI is InChI=1S/C18H27N3O3S/c1-13-17(25-14(2)19-13)18(23)21-7-3-4-15(12-21)5-6-16(22)20-8-10-24-11-9-20/h15H,3-12H2,1-2H3/t15-/m1/s1. The Kier molecular flexibility index (Phi) is 6.06. The van der Waals surface area contributed by atoms with Crippen molar-refractivity contribution in [3.63, 3.8) is 0 Å². The van der Waals surface area contributed by atoms with Gasteiger partial charge in [-0.2, -0.15) is 0 Å². The van der Waals surface area contributed by atoms with Crippen molar-refractivity contribution < 1.29 is 14.3 Å². The first kappa shape index (κ1) is 18.3. The van der Waals surface area contributed by atoms with E-state index in [1.165, 1.54) is 11.3 Å². The van der Waals surface area contributed by atoms with Crippen LogP contribution < -0.4 is 0 Å². The SMILES string of the molecule is Cc1nc(C)c(C(=O)N2CCC[C@H](CCC(=O)N3CCOCC3)C2)s1. The van der Waals surface area contributed by atoms with Gasteiger partial charge in [-0.15, -0.1) is 11.3 Å². The Balaban J connectivity index is 1.51. The number of carbonyl (C=O) groups is 2. The zero-order valence-electron chi connectivity index (χ0n) is 15.1. The van der Waals surface area contributed by atoms with Gasteiger partial charge in [0, 0.05) is 32.6 Å². The molecule has 138 valence electrons. The number of morpholine rings is 1. The van der Waals surface area contributed by atoms with Crippen molar-refractivity contribution in [1.82, 2.24) is 14.8 Å². The molecule has 1 atom stereocenters. The van der Waals surface area contributed by atoms with E-state index in [1.54, 1.807) is 0 Å². The van der Waals surface area contributed by atoms with E-state index in [0.29, 0.717) is 38.6 Å². The summed E-state index contributed by atoms with van der Waals surface area (Å²) < 4.78 is 5.30. The number of ether oxygens (including phenoxy) is 1. The van der Waals surface area contributed by atoms with Crippen molar-refractivity contribution in [2.24, 2.45) is 5.92 Å². The minimum Gasteiger partial charge on any atom is -0.378 e. The van der Waals surface area contributed by atoms with E-state index >= 15 is 0 Å². The summed E-state index contributed by atoms with van der Waals surface area (Å²) in [6.07, 6.45) is 3.55. The Morgan fingerprint density at radius 1 is 1.20 bits per heavy atom. The van der Waals surface area contributed by atoms with Crippen LogP contribution >= 0.6 is 11.3 Å². The fourth-order valence-electron chi connectivity index (χ4n) is 3.66. The number of nitrogens with zero attached hydrogens (tertiary/aromatic N) is 3. The highest BCUT2D eigenvalue weighted by atomic mass is 32.1. The summed E-state index contributed by atoms with van der Waals surface area (Å²) in [6.45, 7) is 8.10. The van der Waals surface area contributed by atoms with Crippen LogP contribution in [0.1, 0.15) is 46.1 Å². The fourth-order valence-corrected chi connectivity index (χ4v) is 4.54. The molecule has 0 bridgehead atoms. The molecule has 0 radical (unpaired) electrons. The molecule has 3 heterocycles. The lowest BCUT2D eigenvalue weighted by atomic mass is 9.93. The molecule has 0 unspecified atom stereocenters. The Labute approximate surface area is 153 Å². The minimum atomic E-state index is 0.104. The molecule has 1 aromatic heterocycles. The van der Waals surface area contributed by atoms with Gasteiger partial charge in [0.1, 0.15) is 4.88 Å². The zero-order valence-corrected chi connectivity index (χ0v) is 15.9. The third-order valence-corrected chi connectivity index (χ3v) is 6.10. The number of carbonyl (C=O) groups excluding carboxylic acids is 2. The van der Waals surface area contributed by atoms with Gasteiger partial charge in [-0.25, -0.2) is 4.98 Å². The highest BCUT2D eigenvalue weighted by Crippen LogP contribution is 2.25. The van der Waals surface area contributed by atoms with Crippen molar-refractivity contribution in [3.05, 3.63) is 15.6 Å². The third kappa shape index (κ3) is 4.58. The topological polar surface area (TPSA) is 62.7 Å². The summed E-state index contributed by atoms with van der Waals surface area (Å²) in [7, 11) is 0. The summed E-state index contributed by atoms with van der Waals surface area (Å²) in [6, 6.07) is 0. The van der Waals surface area contributed by atoms with Gasteiger partial charge in [-0.3, -0.25) is 9.59 Å². The summed E-state index contributed by atoms with van der Waals surface area (Å²) in [4.78, 5) is 34.1. The second-order valence-electron chi connectivity index (χ2n) is 6.94. The van der Waals surface area contributed by atoms with Crippen molar-refractivity contribution in [2.45, 2.75) is 39.5 Å². The van der Waals surface area contributed by atoms with Crippen molar-refractivity contribution in [1.29, 1.82) is 0 Å². The van der Waals surface area contributed by atoms with Gasteiger partial charge in [0.2, 0.25) is 5.91 Å². The number of likely N-dealkylation sites (tertiary alicyclic amines) is 1. The molecule has 2 fully saturated rings. The summed E-state index contributed by atoms with van der Waals surface area (Å²) >= 11 is 1.48. The smallest absolute Gasteiger partial charge is 0.265 e. The van der Waals surface area contributed by atoms with E-state index < -0.39 is 0 Å². The van der Waals surface area contributed by atoms with Gasteiger partial charge >= 0.3 is 0 Å². The van der Waals surface area contributed by atoms with E-state index in [2.05, 4.69) is 4.98 Å². The van der Waals surface area contributed by atoms with Crippen LogP contribution in [0.3, 0.4) is 0 Å². The first-order valence-electron chi connectivity index (χ1n) is 9.13. The average Bonchev–Trinajstić information content (AvgIpc) is 2.98. The number of hydrogen-bond donors (Lipinski definition) is 0. The van der Waals surface area contributed by atoms with Crippen molar-refractivity contribution in [3.8, 4) is 0 Å². The maximum atomic E-state index is 12.8. The lowest BCUT2D eigenvalue weighted by molar-refractivity contribution is -0.135. The first-order valence-corrected chi connectivity index (χ1v) is 9.95. The number of aryl methyl sites for hydroxylation is 2. The maximum Gasteiger partial charge on any atom is 0.265 e. The van der Waals surface area contributed by atoms with Crippen LogP contribution in [0.5, 0.6) is 0 Å². The molecule has 2 amide bonds. The van der Waals surface area contributed by atoms with Gasteiger partial charge in [0.25, 0.3) is 5.91 Å². The monoisotopic (exact) mass is 365 g/mol. The highest BCUT2D eigenvalue weighted by molar-refractivity contribution is 7.13. The van der Waals surface area contributed by atoms with Crippen molar-refractivity contribution in [2.75, 3.05) is 39.4 Å². The van der Waals surface area contributed by atoms with Gasteiger partial charge in [-0.05, 0) is 39.0 Å². The van der Waals surface area contributed by atoms with Gasteiger partial charge in [-0.1, -0.05) is 0 Å². The Bertz CT molecular complexity index is 625. The highest BCUT2D eigenvalue weighted by Gasteiger charge is 2.27. The molecular formula is C18H27N3O3S. The molecule has 0 aliphatic carbocycles. The molecule has 0 aromatic carbocycles. The minimum absolute atomic E-state index is 0.104. The molecule has 2 aliphatic heterocycles. The van der Waals surface area contributed by atoms with Crippen LogP contribution in [0.4, 0.5) is 0 Å². The lowest BCUT2D eigenvalue weighted by Gasteiger charge is -2.33. The molecule has 0 spiro atoms. The fraction of sp³-hybridized carbons (Fsp3) is 0.722. The normalized spacial score (nSPS) is 21.4. The molecule has 1 aromatic rings. The van der Waals surface area contributed by atoms with Crippen LogP contribution in [0.15, 0.2) is 0 Å². The number of piperidine rings is 1. The molecule has 25 heavy (non-hydrogen) atoms. The largest absolute Gasteiger partial charge is 0.378 e. The Morgan fingerprint density at radius 2 is 1.96 bits per heavy atom. The van der Waals surface area contributed by atoms with Gasteiger partial charge in [0.15, 0.2) is 0 Å². The van der Waals surface area contributed by atoms with E-state index in [0.717, 1.165) is 47.9 Å². The Hall–Kier alpha value is -1.47. The molecule has 2 saturated heterocycles. The molecule has 6 nitrogen and oxygen atoms in total. The second kappa shape index (κ2) is 8.27. The lowest BCUT2D eigenvalue weighted by Crippen LogP contribution is -2.42. The number of rotatable bonds is 4. The number of thiazole rings is 1. The number of hydrogen-bond acceptors (Lipinski definition) is 5. The molecule has 0 N–H and O–H groups in total. The van der Waals surface area contributed by atoms with Crippen LogP contribution in [0.25, 0.3) is 0 Å². The summed E-state index contributed by atoms with van der Waals surface area (Å²) in [5.41, 5.74) is 0.831. The van der Waals surface area contributed by atoms with E-state index in [4.69, 9.17) is 4.74 Å². The van der Waals surface area contributed by atoms with Gasteiger partial charge in [0.05, 0.1) is 23.9 Å². The predicted octanol–water partition coefficient (Wildman–Crippen LogP) is 2.25. The van der Waals surface area contributed by atoms with Crippen LogP contribution in [-0.4, -0.2) is 66.0 Å². The van der Waals surface area contributed by atoms with Crippen LogP contribution in [0, 0.1) is 19.8 Å². The van der Waals surface area contributed by atoms with Crippen LogP contribution in [0.2, 0.25) is 0 Å². The number of amides is 2. The first-order chi connectivity index (χ1) is 12.0. The van der Waals surface area contributed by atoms with Crippen molar-refractivity contribution >= 4 is 23.2 Å². The molecule has 2 aliphatic rings. The third-order valence-electron chi connectivity index (χ3n) is 5.03. The van der Waals surface area contributed by atoms with E-state index in [1.807, 2.05) is 23.6 Å². The average molecular weight is 365 g/mol. The predicted molar refractivity (Wildman–Crippen MR) is 96.8 cm³/mol. The molecule has 0 saturated carbocycles. The molecular weight excluding hydrogens is 338 g/mol. The van der Waals surface area contributed by atoms with Gasteiger partial charge < -0.3 is 14.5 Å². The molecule has 3 rings (SSSR count). The summed E-state index contributed by atoms with van der Waals surface area (Å²) in [5, 5.41) is 0.936. The van der Waals surface area contributed by atoms with E-state index in [9.17, 15) is 9.59 Å². The Morgan fingerprint density at radius 3 is 2.64 bits per heavy atom.